The second kappa shape index (κ2) is 5.22. The van der Waals surface area contributed by atoms with E-state index in [2.05, 4.69) is 15.3 Å². The Hall–Kier alpha value is -1.21. The number of carbonyl (C=O) groups is 1. The van der Waals surface area contributed by atoms with Gasteiger partial charge in [0.05, 0.1) is 18.1 Å². The van der Waals surface area contributed by atoms with Gasteiger partial charge in [0.1, 0.15) is 20.7 Å². The van der Waals surface area contributed by atoms with Crippen molar-refractivity contribution in [2.24, 2.45) is 0 Å². The molecule has 0 radical (unpaired) electrons. The number of sulfone groups is 1. The van der Waals surface area contributed by atoms with Crippen LogP contribution in [0, 0.1) is 0 Å². The predicted molar refractivity (Wildman–Crippen MR) is 59.1 cm³/mol. The topological polar surface area (TPSA) is 89.0 Å². The minimum Gasteiger partial charge on any atom is -0.350 e. The van der Waals surface area contributed by atoms with Crippen LogP contribution in [0.15, 0.2) is 12.4 Å². The van der Waals surface area contributed by atoms with Crippen LogP contribution in [-0.4, -0.2) is 42.8 Å². The molecule has 0 fully saturated rings. The molecule has 6 nitrogen and oxygen atoms in total. The van der Waals surface area contributed by atoms with E-state index in [1.165, 1.54) is 12.4 Å². The molecule has 0 spiro atoms. The van der Waals surface area contributed by atoms with Gasteiger partial charge in [0.15, 0.2) is 0 Å². The van der Waals surface area contributed by atoms with E-state index in [-0.39, 0.29) is 23.1 Å². The van der Waals surface area contributed by atoms with Crippen molar-refractivity contribution in [1.29, 1.82) is 0 Å². The van der Waals surface area contributed by atoms with Crippen LogP contribution in [0.25, 0.3) is 0 Å². The molecular formula is C8H10ClN3O3S. The number of aromatic nitrogens is 2. The summed E-state index contributed by atoms with van der Waals surface area (Å²) in [5.41, 5.74) is 0.0953. The summed E-state index contributed by atoms with van der Waals surface area (Å²) in [6.45, 7) is 0.0436. The lowest BCUT2D eigenvalue weighted by Crippen LogP contribution is -2.29. The first-order valence-corrected chi connectivity index (χ1v) is 6.76. The molecule has 1 rings (SSSR count). The molecule has 0 aliphatic carbocycles. The van der Waals surface area contributed by atoms with Crippen LogP contribution in [0.5, 0.6) is 0 Å². The monoisotopic (exact) mass is 263 g/mol. The van der Waals surface area contributed by atoms with Gasteiger partial charge in [-0.05, 0) is 0 Å². The highest BCUT2D eigenvalue weighted by Gasteiger charge is 2.08. The number of carbonyl (C=O) groups excluding carboxylic acids is 1. The van der Waals surface area contributed by atoms with E-state index in [9.17, 15) is 13.2 Å². The zero-order valence-corrected chi connectivity index (χ0v) is 10.0. The zero-order chi connectivity index (χ0) is 12.2. The van der Waals surface area contributed by atoms with Gasteiger partial charge >= 0.3 is 0 Å². The van der Waals surface area contributed by atoms with E-state index in [4.69, 9.17) is 11.6 Å². The smallest absolute Gasteiger partial charge is 0.271 e. The average molecular weight is 264 g/mol. The first-order valence-electron chi connectivity index (χ1n) is 4.32. The zero-order valence-electron chi connectivity index (χ0n) is 8.47. The summed E-state index contributed by atoms with van der Waals surface area (Å²) in [7, 11) is -3.08. The van der Waals surface area contributed by atoms with E-state index in [1.807, 2.05) is 0 Å². The largest absolute Gasteiger partial charge is 0.350 e. The summed E-state index contributed by atoms with van der Waals surface area (Å²) in [5.74, 6) is -0.590. The Morgan fingerprint density at radius 1 is 1.44 bits per heavy atom. The molecule has 1 heterocycles. The highest BCUT2D eigenvalue weighted by atomic mass is 35.5. The molecule has 0 aromatic carbocycles. The number of hydrogen-bond acceptors (Lipinski definition) is 5. The van der Waals surface area contributed by atoms with Crippen LogP contribution in [0.1, 0.15) is 10.5 Å². The van der Waals surface area contributed by atoms with Gasteiger partial charge in [0.25, 0.3) is 5.91 Å². The molecular weight excluding hydrogens is 254 g/mol. The summed E-state index contributed by atoms with van der Waals surface area (Å²) in [6.07, 6.45) is 3.56. The maximum atomic E-state index is 11.4. The van der Waals surface area contributed by atoms with Gasteiger partial charge in [-0.15, -0.1) is 0 Å². The molecule has 0 saturated carbocycles. The van der Waals surface area contributed by atoms with Crippen LogP contribution in [-0.2, 0) is 9.84 Å². The minimum absolute atomic E-state index is 0.0436. The maximum absolute atomic E-state index is 11.4. The SMILES string of the molecule is CS(=O)(=O)CCNC(=O)c1cnc(Cl)cn1. The molecule has 1 aromatic heterocycles. The van der Waals surface area contributed by atoms with Crippen molar-refractivity contribution < 1.29 is 13.2 Å². The van der Waals surface area contributed by atoms with Crippen LogP contribution in [0.4, 0.5) is 0 Å². The second-order valence-electron chi connectivity index (χ2n) is 3.11. The van der Waals surface area contributed by atoms with Gasteiger partial charge in [0.2, 0.25) is 0 Å². The van der Waals surface area contributed by atoms with Crippen molar-refractivity contribution in [3.63, 3.8) is 0 Å². The summed E-state index contributed by atoms with van der Waals surface area (Å²) in [6, 6.07) is 0. The fraction of sp³-hybridized carbons (Fsp3) is 0.375. The standard InChI is InChI=1S/C8H10ClN3O3S/c1-16(14,15)3-2-10-8(13)6-4-12-7(9)5-11-6/h4-5H,2-3H2,1H3,(H,10,13). The van der Waals surface area contributed by atoms with Gasteiger partial charge in [-0.2, -0.15) is 0 Å². The van der Waals surface area contributed by atoms with Crippen LogP contribution in [0.2, 0.25) is 5.15 Å². The molecule has 0 bridgehead atoms. The van der Waals surface area contributed by atoms with Crippen LogP contribution >= 0.6 is 11.6 Å². The number of nitrogens with one attached hydrogen (secondary N) is 1. The Morgan fingerprint density at radius 3 is 2.62 bits per heavy atom. The minimum atomic E-state index is -3.08. The molecule has 16 heavy (non-hydrogen) atoms. The lowest BCUT2D eigenvalue weighted by Gasteiger charge is -2.02. The third kappa shape index (κ3) is 4.54. The summed E-state index contributed by atoms with van der Waals surface area (Å²) < 4.78 is 21.6. The second-order valence-corrected chi connectivity index (χ2v) is 5.76. The maximum Gasteiger partial charge on any atom is 0.271 e. The van der Waals surface area contributed by atoms with Crippen molar-refractivity contribution in [1.82, 2.24) is 15.3 Å². The van der Waals surface area contributed by atoms with Crippen LogP contribution in [0.3, 0.4) is 0 Å². The highest BCUT2D eigenvalue weighted by Crippen LogP contribution is 2.00. The fourth-order valence-corrected chi connectivity index (χ4v) is 1.44. The van der Waals surface area contributed by atoms with E-state index in [0.717, 1.165) is 6.26 Å². The molecule has 0 atom stereocenters. The van der Waals surface area contributed by atoms with Gasteiger partial charge in [-0.25, -0.2) is 18.4 Å². The highest BCUT2D eigenvalue weighted by molar-refractivity contribution is 7.90. The molecule has 0 aliphatic rings. The average Bonchev–Trinajstić information content (AvgIpc) is 2.16. The lowest BCUT2D eigenvalue weighted by molar-refractivity contribution is 0.0951. The molecule has 88 valence electrons. The first-order chi connectivity index (χ1) is 7.38. The Kier molecular flexibility index (Phi) is 4.19. The summed E-state index contributed by atoms with van der Waals surface area (Å²) in [5, 5.41) is 2.60. The van der Waals surface area contributed by atoms with Crippen molar-refractivity contribution in [3.8, 4) is 0 Å². The van der Waals surface area contributed by atoms with Crippen molar-refractivity contribution >= 4 is 27.3 Å². The normalized spacial score (nSPS) is 11.1. The first kappa shape index (κ1) is 12.9. The Bertz CT molecular complexity index is 472. The fourth-order valence-electron chi connectivity index (χ4n) is 0.870. The lowest BCUT2D eigenvalue weighted by atomic mass is 10.4. The van der Waals surface area contributed by atoms with Gasteiger partial charge < -0.3 is 5.32 Å². The Balaban J connectivity index is 2.50. The molecule has 0 saturated heterocycles. The molecule has 1 aromatic rings. The number of rotatable bonds is 4. The molecule has 1 N–H and O–H groups in total. The number of nitrogens with zero attached hydrogens (tertiary/aromatic N) is 2. The van der Waals surface area contributed by atoms with E-state index >= 15 is 0 Å². The quantitative estimate of drug-likeness (QED) is 0.820. The molecule has 1 amide bonds. The number of hydrogen-bond donors (Lipinski definition) is 1. The Morgan fingerprint density at radius 2 is 2.12 bits per heavy atom. The molecule has 8 heteroatoms. The van der Waals surface area contributed by atoms with E-state index in [0.29, 0.717) is 0 Å². The van der Waals surface area contributed by atoms with Gasteiger partial charge in [-0.1, -0.05) is 11.6 Å². The van der Waals surface area contributed by atoms with Gasteiger partial charge in [0, 0.05) is 12.8 Å². The van der Waals surface area contributed by atoms with E-state index in [1.54, 1.807) is 0 Å². The molecule has 0 unspecified atom stereocenters. The summed E-state index contributed by atoms with van der Waals surface area (Å²) >= 11 is 5.50. The third-order valence-corrected chi connectivity index (χ3v) is 2.75. The number of halogens is 1. The van der Waals surface area contributed by atoms with Crippen molar-refractivity contribution in [3.05, 3.63) is 23.2 Å². The third-order valence-electron chi connectivity index (χ3n) is 1.61. The van der Waals surface area contributed by atoms with E-state index < -0.39 is 15.7 Å². The van der Waals surface area contributed by atoms with Crippen molar-refractivity contribution in [2.45, 2.75) is 0 Å². The van der Waals surface area contributed by atoms with Gasteiger partial charge in [-0.3, -0.25) is 4.79 Å². The Labute approximate surface area is 98.0 Å². The molecule has 0 aliphatic heterocycles. The number of amides is 1. The van der Waals surface area contributed by atoms with Crippen molar-refractivity contribution in [2.75, 3.05) is 18.6 Å². The predicted octanol–water partition coefficient (Wildman–Crippen LogP) is -0.0956. The van der Waals surface area contributed by atoms with Crippen LogP contribution < -0.4 is 5.32 Å². The summed E-state index contributed by atoms with van der Waals surface area (Å²) in [4.78, 5) is 18.8.